The van der Waals surface area contributed by atoms with Crippen molar-refractivity contribution in [2.75, 3.05) is 11.9 Å². The zero-order chi connectivity index (χ0) is 22.9. The Bertz CT molecular complexity index is 950. The summed E-state index contributed by atoms with van der Waals surface area (Å²) < 4.78 is 6.01. The van der Waals surface area contributed by atoms with Crippen LogP contribution in [-0.4, -0.2) is 30.1 Å². The van der Waals surface area contributed by atoms with Crippen molar-refractivity contribution in [3.05, 3.63) is 70.2 Å². The number of ether oxygens (including phenoxy) is 1. The highest BCUT2D eigenvalue weighted by atomic mass is 79.9. The molecule has 8 heteroatoms. The number of carbonyl (C=O) groups is 3. The lowest BCUT2D eigenvalue weighted by molar-refractivity contribution is -0.120. The Hall–Kier alpha value is -3.13. The average molecular weight is 488 g/mol. The highest BCUT2D eigenvalue weighted by molar-refractivity contribution is 9.10. The summed E-state index contributed by atoms with van der Waals surface area (Å²) in [7, 11) is 0. The van der Waals surface area contributed by atoms with Crippen molar-refractivity contribution in [3.8, 4) is 0 Å². The van der Waals surface area contributed by atoms with Crippen LogP contribution in [-0.2, 0) is 20.9 Å². The van der Waals surface area contributed by atoms with E-state index in [0.717, 1.165) is 15.6 Å². The predicted molar refractivity (Wildman–Crippen MR) is 124 cm³/mol. The summed E-state index contributed by atoms with van der Waals surface area (Å²) >= 11 is 3.39. The molecular weight excluding hydrogens is 462 g/mol. The maximum atomic E-state index is 12.1. The lowest BCUT2D eigenvalue weighted by atomic mass is 10.2. The largest absolute Gasteiger partial charge is 0.444 e. The van der Waals surface area contributed by atoms with E-state index in [1.165, 1.54) is 6.08 Å². The Balaban J connectivity index is 1.75. The molecule has 0 saturated carbocycles. The molecule has 0 aliphatic rings. The van der Waals surface area contributed by atoms with Gasteiger partial charge in [0, 0.05) is 22.8 Å². The molecule has 0 radical (unpaired) electrons. The molecule has 3 amide bonds. The van der Waals surface area contributed by atoms with Gasteiger partial charge < -0.3 is 20.7 Å². The van der Waals surface area contributed by atoms with Crippen molar-refractivity contribution in [1.82, 2.24) is 10.6 Å². The number of benzene rings is 2. The Morgan fingerprint density at radius 1 is 1.03 bits per heavy atom. The van der Waals surface area contributed by atoms with Crippen LogP contribution in [0.1, 0.15) is 31.9 Å². The fourth-order valence-corrected chi connectivity index (χ4v) is 2.82. The van der Waals surface area contributed by atoms with Crippen LogP contribution in [0.4, 0.5) is 10.5 Å². The molecule has 31 heavy (non-hydrogen) atoms. The fourth-order valence-electron chi connectivity index (χ4n) is 2.40. The molecule has 0 aromatic heterocycles. The van der Waals surface area contributed by atoms with Crippen molar-refractivity contribution in [2.24, 2.45) is 0 Å². The zero-order valence-corrected chi connectivity index (χ0v) is 19.3. The molecule has 0 fully saturated rings. The highest BCUT2D eigenvalue weighted by Crippen LogP contribution is 2.13. The Labute approximate surface area is 190 Å². The third-order valence-corrected chi connectivity index (χ3v) is 4.27. The molecular formula is C23H26BrN3O4. The van der Waals surface area contributed by atoms with Gasteiger partial charge in [0.2, 0.25) is 11.8 Å². The predicted octanol–water partition coefficient (Wildman–Crippen LogP) is 4.24. The minimum absolute atomic E-state index is 0.173. The number of hydrogen-bond acceptors (Lipinski definition) is 4. The van der Waals surface area contributed by atoms with Gasteiger partial charge in [-0.1, -0.05) is 40.2 Å². The van der Waals surface area contributed by atoms with Crippen molar-refractivity contribution < 1.29 is 19.1 Å². The molecule has 0 aliphatic heterocycles. The monoisotopic (exact) mass is 487 g/mol. The summed E-state index contributed by atoms with van der Waals surface area (Å²) in [5.74, 6) is -0.574. The van der Waals surface area contributed by atoms with Gasteiger partial charge in [-0.05, 0) is 62.2 Å². The van der Waals surface area contributed by atoms with E-state index in [0.29, 0.717) is 12.2 Å². The van der Waals surface area contributed by atoms with E-state index >= 15 is 0 Å². The van der Waals surface area contributed by atoms with Gasteiger partial charge in [-0.2, -0.15) is 0 Å². The van der Waals surface area contributed by atoms with Gasteiger partial charge in [0.05, 0.1) is 0 Å². The minimum Gasteiger partial charge on any atom is -0.444 e. The Morgan fingerprint density at radius 3 is 2.39 bits per heavy atom. The van der Waals surface area contributed by atoms with Crippen LogP contribution in [0.2, 0.25) is 0 Å². The molecule has 164 valence electrons. The third-order valence-electron chi connectivity index (χ3n) is 3.78. The van der Waals surface area contributed by atoms with E-state index in [1.807, 2.05) is 24.3 Å². The van der Waals surface area contributed by atoms with Crippen LogP contribution < -0.4 is 16.0 Å². The summed E-state index contributed by atoms with van der Waals surface area (Å²) in [5.41, 5.74) is 1.79. The summed E-state index contributed by atoms with van der Waals surface area (Å²) in [6.07, 6.45) is 2.56. The lowest BCUT2D eigenvalue weighted by Crippen LogP contribution is -2.39. The van der Waals surface area contributed by atoms with Gasteiger partial charge in [-0.15, -0.1) is 0 Å². The summed E-state index contributed by atoms with van der Waals surface area (Å²) in [4.78, 5) is 35.5. The van der Waals surface area contributed by atoms with Crippen molar-refractivity contribution in [2.45, 2.75) is 32.9 Å². The van der Waals surface area contributed by atoms with Crippen LogP contribution in [0.15, 0.2) is 59.1 Å². The van der Waals surface area contributed by atoms with Gasteiger partial charge in [-0.3, -0.25) is 9.59 Å². The van der Waals surface area contributed by atoms with E-state index in [4.69, 9.17) is 4.74 Å². The molecule has 0 spiro atoms. The second-order valence-electron chi connectivity index (χ2n) is 7.71. The maximum absolute atomic E-state index is 12.1. The van der Waals surface area contributed by atoms with Gasteiger partial charge in [0.1, 0.15) is 12.1 Å². The number of anilines is 1. The quantitative estimate of drug-likeness (QED) is 0.508. The lowest BCUT2D eigenvalue weighted by Gasteiger charge is -2.19. The summed E-state index contributed by atoms with van der Waals surface area (Å²) in [5, 5.41) is 7.90. The van der Waals surface area contributed by atoms with Gasteiger partial charge in [0.15, 0.2) is 0 Å². The van der Waals surface area contributed by atoms with Crippen molar-refractivity contribution in [1.29, 1.82) is 0 Å². The molecule has 0 bridgehead atoms. The van der Waals surface area contributed by atoms with Crippen LogP contribution in [0.25, 0.3) is 6.08 Å². The standard InChI is InChI=1S/C23H26BrN3O4/c1-23(2,3)31-22(30)26-15-21(29)25-14-17-7-10-19(11-8-17)27-20(28)12-9-16-5-4-6-18(24)13-16/h4-13H,14-15H2,1-3H3,(H,25,29)(H,26,30)(H,27,28)/b12-9+. The molecule has 0 unspecified atom stereocenters. The molecule has 3 N–H and O–H groups in total. The van der Waals surface area contributed by atoms with Crippen LogP contribution >= 0.6 is 15.9 Å². The fraction of sp³-hybridized carbons (Fsp3) is 0.261. The average Bonchev–Trinajstić information content (AvgIpc) is 2.69. The van der Waals surface area contributed by atoms with Crippen LogP contribution in [0.3, 0.4) is 0 Å². The number of amides is 3. The van der Waals surface area contributed by atoms with E-state index in [2.05, 4.69) is 31.9 Å². The number of carbonyl (C=O) groups excluding carboxylic acids is 3. The molecule has 0 atom stereocenters. The smallest absolute Gasteiger partial charge is 0.408 e. The first-order chi connectivity index (χ1) is 14.6. The zero-order valence-electron chi connectivity index (χ0n) is 17.7. The van der Waals surface area contributed by atoms with Crippen molar-refractivity contribution >= 4 is 45.6 Å². The number of halogens is 1. The van der Waals surface area contributed by atoms with Gasteiger partial charge >= 0.3 is 6.09 Å². The first kappa shape index (κ1) is 24.1. The SMILES string of the molecule is CC(C)(C)OC(=O)NCC(=O)NCc1ccc(NC(=O)/C=C/c2cccc(Br)c2)cc1. The third kappa shape index (κ3) is 9.95. The second-order valence-corrected chi connectivity index (χ2v) is 8.62. The molecule has 2 rings (SSSR count). The second kappa shape index (κ2) is 11.3. The highest BCUT2D eigenvalue weighted by Gasteiger charge is 2.16. The Kier molecular flexibility index (Phi) is 8.81. The summed E-state index contributed by atoms with van der Waals surface area (Å²) in [6, 6.07) is 14.7. The first-order valence-electron chi connectivity index (χ1n) is 9.68. The van der Waals surface area contributed by atoms with E-state index in [-0.39, 0.29) is 18.4 Å². The van der Waals surface area contributed by atoms with E-state index in [9.17, 15) is 14.4 Å². The number of alkyl carbamates (subject to hydrolysis) is 1. The molecule has 0 saturated heterocycles. The summed E-state index contributed by atoms with van der Waals surface area (Å²) in [6.45, 7) is 5.37. The molecule has 7 nitrogen and oxygen atoms in total. The number of nitrogens with one attached hydrogen (secondary N) is 3. The molecule has 0 aliphatic carbocycles. The number of hydrogen-bond donors (Lipinski definition) is 3. The molecule has 2 aromatic rings. The Morgan fingerprint density at radius 2 is 1.74 bits per heavy atom. The topological polar surface area (TPSA) is 96.5 Å². The van der Waals surface area contributed by atoms with Gasteiger partial charge in [-0.25, -0.2) is 4.79 Å². The minimum atomic E-state index is -0.642. The van der Waals surface area contributed by atoms with E-state index in [1.54, 1.807) is 51.1 Å². The molecule has 2 aromatic carbocycles. The van der Waals surface area contributed by atoms with Gasteiger partial charge in [0.25, 0.3) is 0 Å². The maximum Gasteiger partial charge on any atom is 0.408 e. The molecule has 0 heterocycles. The van der Waals surface area contributed by atoms with Crippen LogP contribution in [0, 0.1) is 0 Å². The van der Waals surface area contributed by atoms with Crippen molar-refractivity contribution in [3.63, 3.8) is 0 Å². The number of rotatable bonds is 7. The van der Waals surface area contributed by atoms with Crippen LogP contribution in [0.5, 0.6) is 0 Å². The first-order valence-corrected chi connectivity index (χ1v) is 10.5. The van der Waals surface area contributed by atoms with E-state index < -0.39 is 11.7 Å². The normalized spacial score (nSPS) is 11.1.